The summed E-state index contributed by atoms with van der Waals surface area (Å²) in [6.07, 6.45) is 1.64. The minimum Gasteiger partial charge on any atom is -0.330 e. The molecular weight excluding hydrogens is 186 g/mol. The summed E-state index contributed by atoms with van der Waals surface area (Å²) in [6.45, 7) is 6.14. The van der Waals surface area contributed by atoms with Crippen molar-refractivity contribution in [2.75, 3.05) is 12.3 Å². The van der Waals surface area contributed by atoms with E-state index in [1.54, 1.807) is 13.8 Å². The maximum absolute atomic E-state index is 11.4. The van der Waals surface area contributed by atoms with Crippen molar-refractivity contribution in [1.82, 2.24) is 0 Å². The fraction of sp³-hybridized carbons (Fsp3) is 1.00. The highest BCUT2D eigenvalue weighted by atomic mass is 32.2. The van der Waals surface area contributed by atoms with Crippen LogP contribution in [0.2, 0.25) is 0 Å². The van der Waals surface area contributed by atoms with Crippen molar-refractivity contribution in [3.8, 4) is 0 Å². The van der Waals surface area contributed by atoms with Crippen LogP contribution in [0.1, 0.15) is 33.6 Å². The quantitative estimate of drug-likeness (QED) is 0.711. The molecule has 0 bridgehead atoms. The second-order valence-corrected chi connectivity index (χ2v) is 6.56. The van der Waals surface area contributed by atoms with E-state index < -0.39 is 9.84 Å². The van der Waals surface area contributed by atoms with E-state index in [9.17, 15) is 8.42 Å². The molecule has 0 fully saturated rings. The summed E-state index contributed by atoms with van der Waals surface area (Å²) in [5.41, 5.74) is 5.38. The first kappa shape index (κ1) is 12.9. The van der Waals surface area contributed by atoms with Gasteiger partial charge in [-0.2, -0.15) is 0 Å². The lowest BCUT2D eigenvalue weighted by Crippen LogP contribution is -2.19. The van der Waals surface area contributed by atoms with Crippen molar-refractivity contribution in [2.45, 2.75) is 38.9 Å². The highest BCUT2D eigenvalue weighted by Crippen LogP contribution is 2.10. The summed E-state index contributed by atoms with van der Waals surface area (Å²) in [5, 5.41) is -0.252. The summed E-state index contributed by atoms with van der Waals surface area (Å²) in [6, 6.07) is 0. The molecule has 0 aliphatic carbocycles. The lowest BCUT2D eigenvalue weighted by molar-refractivity contribution is 0.514. The van der Waals surface area contributed by atoms with Crippen LogP contribution in [-0.2, 0) is 9.84 Å². The number of rotatable bonds is 6. The molecule has 80 valence electrons. The van der Waals surface area contributed by atoms with E-state index in [0.29, 0.717) is 18.2 Å². The fourth-order valence-corrected chi connectivity index (χ4v) is 2.23. The molecule has 0 aliphatic rings. The zero-order chi connectivity index (χ0) is 10.5. The van der Waals surface area contributed by atoms with E-state index in [1.165, 1.54) is 0 Å². The predicted octanol–water partition coefficient (Wildman–Crippen LogP) is 1.18. The molecule has 1 atom stereocenters. The Morgan fingerprint density at radius 3 is 2.08 bits per heavy atom. The third-order valence-corrected chi connectivity index (χ3v) is 4.51. The van der Waals surface area contributed by atoms with Gasteiger partial charge in [0.2, 0.25) is 0 Å². The van der Waals surface area contributed by atoms with Gasteiger partial charge in [0, 0.05) is 0 Å². The maximum Gasteiger partial charge on any atom is 0.152 e. The summed E-state index contributed by atoms with van der Waals surface area (Å²) < 4.78 is 22.8. The van der Waals surface area contributed by atoms with Crippen LogP contribution >= 0.6 is 0 Å². The van der Waals surface area contributed by atoms with Gasteiger partial charge >= 0.3 is 0 Å². The smallest absolute Gasteiger partial charge is 0.152 e. The molecule has 0 heterocycles. The summed E-state index contributed by atoms with van der Waals surface area (Å²) >= 11 is 0. The van der Waals surface area contributed by atoms with Gasteiger partial charge in [-0.25, -0.2) is 8.42 Å². The largest absolute Gasteiger partial charge is 0.330 e. The van der Waals surface area contributed by atoms with Gasteiger partial charge in [0.1, 0.15) is 0 Å². The van der Waals surface area contributed by atoms with Crippen LogP contribution in [0.4, 0.5) is 0 Å². The molecule has 2 N–H and O–H groups in total. The Labute approximate surface area is 81.6 Å². The Morgan fingerprint density at radius 1 is 1.15 bits per heavy atom. The number of hydrogen-bond donors (Lipinski definition) is 1. The van der Waals surface area contributed by atoms with Crippen LogP contribution in [0.15, 0.2) is 0 Å². The fourth-order valence-electron chi connectivity index (χ4n) is 1.03. The molecule has 4 heteroatoms. The minimum atomic E-state index is -2.85. The van der Waals surface area contributed by atoms with E-state index in [2.05, 4.69) is 0 Å². The van der Waals surface area contributed by atoms with Crippen LogP contribution in [0.3, 0.4) is 0 Å². The number of sulfone groups is 1. The Kier molecular flexibility index (Phi) is 5.56. The van der Waals surface area contributed by atoms with E-state index in [-0.39, 0.29) is 5.25 Å². The molecule has 0 aromatic carbocycles. The maximum atomic E-state index is 11.4. The third-order valence-electron chi connectivity index (χ3n) is 2.27. The first-order valence-electron chi connectivity index (χ1n) is 4.81. The molecule has 0 aromatic rings. The van der Waals surface area contributed by atoms with E-state index in [0.717, 1.165) is 12.8 Å². The second kappa shape index (κ2) is 5.60. The molecule has 0 amide bonds. The highest BCUT2D eigenvalue weighted by Gasteiger charge is 2.16. The van der Waals surface area contributed by atoms with Crippen LogP contribution in [0.25, 0.3) is 0 Å². The molecule has 0 aromatic heterocycles. The highest BCUT2D eigenvalue weighted by molar-refractivity contribution is 7.91. The average Bonchev–Trinajstić information content (AvgIpc) is 2.01. The van der Waals surface area contributed by atoms with Crippen molar-refractivity contribution in [3.05, 3.63) is 0 Å². The molecule has 0 rings (SSSR count). The first-order chi connectivity index (χ1) is 5.90. The van der Waals surface area contributed by atoms with Gasteiger partial charge in [0.15, 0.2) is 9.84 Å². The summed E-state index contributed by atoms with van der Waals surface area (Å²) in [5.74, 6) is 0.713. The molecular formula is C9H21NO2S. The number of hydrogen-bond acceptors (Lipinski definition) is 3. The molecule has 0 radical (unpaired) electrons. The lowest BCUT2D eigenvalue weighted by atomic mass is 10.1. The molecule has 0 spiro atoms. The van der Waals surface area contributed by atoms with Crippen molar-refractivity contribution in [1.29, 1.82) is 0 Å². The van der Waals surface area contributed by atoms with Crippen LogP contribution in [0, 0.1) is 5.92 Å². The molecule has 0 aliphatic heterocycles. The minimum absolute atomic E-state index is 0.252. The van der Waals surface area contributed by atoms with Gasteiger partial charge in [-0.1, -0.05) is 6.92 Å². The van der Waals surface area contributed by atoms with Crippen molar-refractivity contribution >= 4 is 9.84 Å². The number of nitrogens with two attached hydrogens (primary N) is 1. The average molecular weight is 207 g/mol. The monoisotopic (exact) mass is 207 g/mol. The van der Waals surface area contributed by atoms with Gasteiger partial charge in [-0.15, -0.1) is 0 Å². The van der Waals surface area contributed by atoms with Crippen LogP contribution < -0.4 is 5.73 Å². The van der Waals surface area contributed by atoms with E-state index in [1.807, 2.05) is 6.92 Å². The van der Waals surface area contributed by atoms with Crippen molar-refractivity contribution < 1.29 is 8.42 Å². The predicted molar refractivity (Wildman–Crippen MR) is 56.4 cm³/mol. The molecule has 3 nitrogen and oxygen atoms in total. The topological polar surface area (TPSA) is 60.2 Å². The van der Waals surface area contributed by atoms with Gasteiger partial charge in [-0.05, 0) is 39.2 Å². The van der Waals surface area contributed by atoms with Gasteiger partial charge in [-0.3, -0.25) is 0 Å². The Hall–Kier alpha value is -0.0900. The second-order valence-electron chi connectivity index (χ2n) is 3.89. The first-order valence-corrected chi connectivity index (χ1v) is 6.53. The van der Waals surface area contributed by atoms with Crippen molar-refractivity contribution in [3.63, 3.8) is 0 Å². The van der Waals surface area contributed by atoms with E-state index >= 15 is 0 Å². The molecule has 1 unspecified atom stereocenters. The Morgan fingerprint density at radius 2 is 1.69 bits per heavy atom. The SMILES string of the molecule is CC(CCN)CCS(=O)(=O)C(C)C. The standard InChI is InChI=1S/C9H21NO2S/c1-8(2)13(11,12)7-5-9(3)4-6-10/h8-9H,4-7,10H2,1-3H3. The van der Waals surface area contributed by atoms with Gasteiger partial charge in [0.25, 0.3) is 0 Å². The van der Waals surface area contributed by atoms with Gasteiger partial charge in [0.05, 0.1) is 11.0 Å². The lowest BCUT2D eigenvalue weighted by Gasteiger charge is -2.11. The molecule has 13 heavy (non-hydrogen) atoms. The Balaban J connectivity index is 3.89. The zero-order valence-electron chi connectivity index (χ0n) is 8.79. The molecule has 0 saturated heterocycles. The molecule has 0 saturated carbocycles. The van der Waals surface area contributed by atoms with Gasteiger partial charge < -0.3 is 5.73 Å². The zero-order valence-corrected chi connectivity index (χ0v) is 9.60. The van der Waals surface area contributed by atoms with E-state index in [4.69, 9.17) is 5.73 Å². The van der Waals surface area contributed by atoms with Crippen LogP contribution in [0.5, 0.6) is 0 Å². The van der Waals surface area contributed by atoms with Crippen molar-refractivity contribution in [2.24, 2.45) is 11.7 Å². The Bertz CT molecular complexity index is 222. The summed E-state index contributed by atoms with van der Waals surface area (Å²) in [7, 11) is -2.85. The van der Waals surface area contributed by atoms with Crippen LogP contribution in [-0.4, -0.2) is 26.0 Å². The third kappa shape index (κ3) is 5.26. The normalized spacial score (nSPS) is 14.8. The summed E-state index contributed by atoms with van der Waals surface area (Å²) in [4.78, 5) is 0.